The number of carbonyl (C=O) groups excluding carboxylic acids is 3. The number of aromatic hydroxyl groups is 2. The summed E-state index contributed by atoms with van der Waals surface area (Å²) in [5.74, 6) is -1.90. The highest BCUT2D eigenvalue weighted by Crippen LogP contribution is 2.34. The number of esters is 1. The van der Waals surface area contributed by atoms with Gasteiger partial charge in [-0.1, -0.05) is 68.7 Å². The van der Waals surface area contributed by atoms with E-state index in [1.54, 1.807) is 44.2 Å². The number of ether oxygens (including phenoxy) is 2. The van der Waals surface area contributed by atoms with Crippen LogP contribution in [0.3, 0.4) is 0 Å². The van der Waals surface area contributed by atoms with Crippen molar-refractivity contribution in [3.63, 3.8) is 0 Å². The SMILES string of the molecule is CO[C@H]1/C=C/C=C\C=C\C[C@H](OC(=O)[C@@H](C)NC(=O)C2CCCCC2)[C@H](C)[C@@H](O)/C(C)=C\CCc2cc(O)cc(c2O)NC(=O)C1. The fourth-order valence-electron chi connectivity index (χ4n) is 5.76. The third-order valence-corrected chi connectivity index (χ3v) is 8.69. The Morgan fingerprint density at radius 2 is 1.78 bits per heavy atom. The number of aliphatic hydroxyl groups is 1. The molecule has 0 aromatic heterocycles. The number of phenols is 2. The first-order valence-corrected chi connectivity index (χ1v) is 16.2. The van der Waals surface area contributed by atoms with E-state index >= 15 is 0 Å². The maximum absolute atomic E-state index is 13.1. The van der Waals surface area contributed by atoms with Crippen molar-refractivity contribution in [2.24, 2.45) is 11.8 Å². The quantitative estimate of drug-likeness (QED) is 0.125. The van der Waals surface area contributed by atoms with Gasteiger partial charge in [-0.3, -0.25) is 9.59 Å². The molecule has 1 aliphatic heterocycles. The maximum atomic E-state index is 13.1. The van der Waals surface area contributed by atoms with E-state index in [9.17, 15) is 29.7 Å². The van der Waals surface area contributed by atoms with Gasteiger partial charge < -0.3 is 35.4 Å². The Morgan fingerprint density at radius 3 is 2.50 bits per heavy atom. The lowest BCUT2D eigenvalue weighted by Crippen LogP contribution is -2.45. The molecule has 0 radical (unpaired) electrons. The Hall–Kier alpha value is -3.89. The molecule has 0 unspecified atom stereocenters. The van der Waals surface area contributed by atoms with Crippen LogP contribution in [0.4, 0.5) is 5.69 Å². The minimum Gasteiger partial charge on any atom is -0.508 e. The van der Waals surface area contributed by atoms with Gasteiger partial charge in [0.1, 0.15) is 23.6 Å². The van der Waals surface area contributed by atoms with Crippen LogP contribution in [0.15, 0.2) is 60.2 Å². The zero-order valence-electron chi connectivity index (χ0n) is 27.4. The number of allylic oxidation sites excluding steroid dienone is 5. The summed E-state index contributed by atoms with van der Waals surface area (Å²) in [5, 5.41) is 37.8. The largest absolute Gasteiger partial charge is 0.508 e. The zero-order chi connectivity index (χ0) is 33.6. The lowest BCUT2D eigenvalue weighted by atomic mass is 9.88. The average Bonchev–Trinajstić information content (AvgIpc) is 3.04. The second-order valence-corrected chi connectivity index (χ2v) is 12.3. The molecule has 2 bridgehead atoms. The van der Waals surface area contributed by atoms with E-state index in [0.29, 0.717) is 30.4 Å². The number of carbonyl (C=O) groups is 3. The smallest absolute Gasteiger partial charge is 0.328 e. The number of methoxy groups -OCH3 is 1. The van der Waals surface area contributed by atoms with E-state index in [-0.39, 0.29) is 35.4 Å². The molecule has 0 spiro atoms. The third kappa shape index (κ3) is 11.2. The second-order valence-electron chi connectivity index (χ2n) is 12.3. The van der Waals surface area contributed by atoms with Crippen molar-refractivity contribution < 1.29 is 39.2 Å². The summed E-state index contributed by atoms with van der Waals surface area (Å²) in [6, 6.07) is 1.89. The summed E-state index contributed by atoms with van der Waals surface area (Å²) in [7, 11) is 1.49. The molecule has 5 N–H and O–H groups in total. The van der Waals surface area contributed by atoms with Crippen LogP contribution in [-0.2, 0) is 30.3 Å². The highest BCUT2D eigenvalue weighted by molar-refractivity contribution is 5.93. The van der Waals surface area contributed by atoms with Crippen LogP contribution in [0.25, 0.3) is 0 Å². The lowest BCUT2D eigenvalue weighted by Gasteiger charge is -2.29. The Bertz CT molecular complexity index is 1310. The summed E-state index contributed by atoms with van der Waals surface area (Å²) in [5.41, 5.74) is 1.19. The molecule has 1 aromatic carbocycles. The van der Waals surface area contributed by atoms with Crippen molar-refractivity contribution in [2.75, 3.05) is 12.4 Å². The molecule has 46 heavy (non-hydrogen) atoms. The summed E-state index contributed by atoms with van der Waals surface area (Å²) in [4.78, 5) is 38.6. The predicted molar refractivity (Wildman–Crippen MR) is 177 cm³/mol. The number of fused-ring (bicyclic) bond motifs is 2. The van der Waals surface area contributed by atoms with Crippen molar-refractivity contribution in [1.82, 2.24) is 5.32 Å². The minimum absolute atomic E-state index is 0.00853. The van der Waals surface area contributed by atoms with Crippen molar-refractivity contribution in [2.45, 2.75) is 103 Å². The van der Waals surface area contributed by atoms with Gasteiger partial charge in [-0.05, 0) is 56.7 Å². The van der Waals surface area contributed by atoms with Crippen LogP contribution >= 0.6 is 0 Å². The number of hydrogen-bond donors (Lipinski definition) is 5. The monoisotopic (exact) mass is 638 g/mol. The van der Waals surface area contributed by atoms with Crippen molar-refractivity contribution in [3.8, 4) is 11.5 Å². The van der Waals surface area contributed by atoms with Crippen LogP contribution in [0, 0.1) is 11.8 Å². The Morgan fingerprint density at radius 1 is 1.07 bits per heavy atom. The van der Waals surface area contributed by atoms with E-state index in [0.717, 1.165) is 32.1 Å². The van der Waals surface area contributed by atoms with Gasteiger partial charge in [-0.25, -0.2) is 4.79 Å². The molecule has 1 fully saturated rings. The van der Waals surface area contributed by atoms with Crippen molar-refractivity contribution in [1.29, 1.82) is 0 Å². The summed E-state index contributed by atoms with van der Waals surface area (Å²) >= 11 is 0. The molecule has 0 saturated heterocycles. The van der Waals surface area contributed by atoms with Gasteiger partial charge in [0.05, 0.1) is 24.3 Å². The van der Waals surface area contributed by atoms with Gasteiger partial charge in [0.2, 0.25) is 11.8 Å². The van der Waals surface area contributed by atoms with Gasteiger partial charge in [-0.2, -0.15) is 0 Å². The molecule has 5 atom stereocenters. The number of rotatable bonds is 5. The predicted octanol–water partition coefficient (Wildman–Crippen LogP) is 5.39. The first-order valence-electron chi connectivity index (χ1n) is 16.2. The number of aliphatic hydroxyl groups excluding tert-OH is 1. The van der Waals surface area contributed by atoms with E-state index < -0.39 is 42.1 Å². The van der Waals surface area contributed by atoms with Gasteiger partial charge in [0, 0.05) is 31.4 Å². The topological polar surface area (TPSA) is 154 Å². The highest BCUT2D eigenvalue weighted by Gasteiger charge is 2.31. The van der Waals surface area contributed by atoms with Gasteiger partial charge in [-0.15, -0.1) is 0 Å². The Labute approximate surface area is 272 Å². The normalized spacial score (nSPS) is 27.8. The van der Waals surface area contributed by atoms with Crippen LogP contribution < -0.4 is 10.6 Å². The molecular formula is C36H50N2O8. The van der Waals surface area contributed by atoms with Gasteiger partial charge >= 0.3 is 5.97 Å². The molecule has 2 amide bonds. The van der Waals surface area contributed by atoms with Crippen LogP contribution in [-0.4, -0.2) is 64.6 Å². The molecule has 1 heterocycles. The highest BCUT2D eigenvalue weighted by atomic mass is 16.5. The molecule has 10 heteroatoms. The zero-order valence-corrected chi connectivity index (χ0v) is 27.4. The Balaban J connectivity index is 1.82. The van der Waals surface area contributed by atoms with Gasteiger partial charge in [0.25, 0.3) is 0 Å². The van der Waals surface area contributed by atoms with E-state index in [2.05, 4.69) is 10.6 Å². The third-order valence-electron chi connectivity index (χ3n) is 8.69. The van der Waals surface area contributed by atoms with Gasteiger partial charge in [0.15, 0.2) is 0 Å². The maximum Gasteiger partial charge on any atom is 0.328 e. The molecule has 1 saturated carbocycles. The summed E-state index contributed by atoms with van der Waals surface area (Å²) in [6.45, 7) is 5.22. The van der Waals surface area contributed by atoms with Crippen molar-refractivity contribution >= 4 is 23.5 Å². The molecule has 3 rings (SSSR count). The number of benzene rings is 1. The number of amides is 2. The standard InChI is InChI=1S/C36H50N2O8/c1-23-14-13-17-27-20-28(39)21-30(34(27)42)38-32(40)22-29(45-4)18-11-6-5-7-12-19-31(24(2)33(23)41)46-36(44)25(3)37-35(43)26-15-9-8-10-16-26/h5-7,11-12,14,18,20-21,24-26,29,31,33,39,41-42H,8-10,13,15-17,19,22H2,1-4H3,(H,37,43)(H,38,40)/b6-5-,12-7+,18-11+,23-14-/t24-,25+,29-,31-,33-/m0/s1. The summed E-state index contributed by atoms with van der Waals surface area (Å²) in [6.07, 6.45) is 16.2. The average molecular weight is 639 g/mol. The lowest BCUT2D eigenvalue weighted by molar-refractivity contribution is -0.156. The van der Waals surface area contributed by atoms with Crippen LogP contribution in [0.1, 0.15) is 77.7 Å². The molecule has 2 aliphatic rings. The number of phenolic OH excluding ortho intramolecular Hbond substituents is 2. The molecule has 1 aliphatic carbocycles. The summed E-state index contributed by atoms with van der Waals surface area (Å²) < 4.78 is 11.3. The van der Waals surface area contributed by atoms with E-state index in [4.69, 9.17) is 9.47 Å². The number of nitrogens with one attached hydrogen (secondary N) is 2. The van der Waals surface area contributed by atoms with E-state index in [1.807, 2.05) is 19.1 Å². The minimum atomic E-state index is -0.940. The molecular weight excluding hydrogens is 588 g/mol. The number of hydrogen-bond acceptors (Lipinski definition) is 8. The molecule has 252 valence electrons. The number of aryl methyl sites for hydroxylation is 1. The van der Waals surface area contributed by atoms with Crippen molar-refractivity contribution in [3.05, 3.63) is 65.8 Å². The molecule has 10 nitrogen and oxygen atoms in total. The fourth-order valence-corrected chi connectivity index (χ4v) is 5.76. The molecule has 1 aromatic rings. The first-order chi connectivity index (χ1) is 22.0. The van der Waals surface area contributed by atoms with Crippen LogP contribution in [0.2, 0.25) is 0 Å². The Kier molecular flexibility index (Phi) is 14.6. The fraction of sp³-hybridized carbons (Fsp3) is 0.528. The first kappa shape index (κ1) is 36.6. The van der Waals surface area contributed by atoms with E-state index in [1.165, 1.54) is 19.2 Å². The number of anilines is 1. The van der Waals surface area contributed by atoms with Crippen LogP contribution in [0.5, 0.6) is 11.5 Å². The second kappa shape index (κ2) is 18.3.